The summed E-state index contributed by atoms with van der Waals surface area (Å²) in [6.45, 7) is 2.04. The predicted molar refractivity (Wildman–Crippen MR) is 107 cm³/mol. The zero-order chi connectivity index (χ0) is 17.3. The van der Waals surface area contributed by atoms with E-state index in [0.29, 0.717) is 0 Å². The molecule has 0 aliphatic heterocycles. The van der Waals surface area contributed by atoms with E-state index in [-0.39, 0.29) is 5.41 Å². The highest BCUT2D eigenvalue weighted by atomic mass is 14.9. The second-order valence-corrected chi connectivity index (χ2v) is 8.55. The van der Waals surface area contributed by atoms with Crippen molar-refractivity contribution in [1.29, 1.82) is 0 Å². The van der Waals surface area contributed by atoms with Gasteiger partial charge in [-0.05, 0) is 73.9 Å². The number of likely N-dealkylation sites (N-methyl/N-ethyl adjacent to an activating group) is 2. The minimum atomic E-state index is 0.116. The van der Waals surface area contributed by atoms with Gasteiger partial charge in [0.25, 0.3) is 0 Å². The molecule has 2 heteroatoms. The lowest BCUT2D eigenvalue weighted by Gasteiger charge is -2.29. The van der Waals surface area contributed by atoms with Crippen molar-refractivity contribution in [2.45, 2.75) is 62.7 Å². The molecule has 1 aromatic carbocycles. The smallest absolute Gasteiger partial charge is 0.0393 e. The van der Waals surface area contributed by atoms with Crippen LogP contribution in [0, 0.1) is 5.92 Å². The lowest BCUT2D eigenvalue weighted by Crippen LogP contribution is -2.42. The Bertz CT molecular complexity index is 627. The third-order valence-electron chi connectivity index (χ3n) is 6.93. The molecule has 0 aromatic heterocycles. The van der Waals surface area contributed by atoms with Gasteiger partial charge in [0, 0.05) is 18.5 Å². The maximum Gasteiger partial charge on any atom is 0.0393 e. The van der Waals surface area contributed by atoms with Gasteiger partial charge < -0.3 is 10.6 Å². The second kappa shape index (κ2) is 7.25. The van der Waals surface area contributed by atoms with Gasteiger partial charge in [-0.1, -0.05) is 50.0 Å². The molecule has 136 valence electrons. The summed E-state index contributed by atoms with van der Waals surface area (Å²) < 4.78 is 0. The van der Waals surface area contributed by atoms with Gasteiger partial charge in [0.1, 0.15) is 0 Å². The van der Waals surface area contributed by atoms with E-state index in [1.807, 2.05) is 0 Å². The zero-order valence-corrected chi connectivity index (χ0v) is 16.0. The number of nitrogens with one attached hydrogen (secondary N) is 2. The Hall–Kier alpha value is -1.12. The van der Waals surface area contributed by atoms with Crippen LogP contribution < -0.4 is 10.6 Å². The van der Waals surface area contributed by atoms with Crippen LogP contribution in [0.3, 0.4) is 0 Å². The Morgan fingerprint density at radius 2 is 1.48 bits per heavy atom. The van der Waals surface area contributed by atoms with E-state index in [1.165, 1.54) is 51.4 Å². The average molecular weight is 339 g/mol. The van der Waals surface area contributed by atoms with Gasteiger partial charge in [0.15, 0.2) is 0 Å². The molecular weight excluding hydrogens is 304 g/mol. The molecule has 25 heavy (non-hydrogen) atoms. The van der Waals surface area contributed by atoms with Crippen LogP contribution in [0.1, 0.15) is 74.0 Å². The summed E-state index contributed by atoms with van der Waals surface area (Å²) in [5, 5.41) is 6.98. The molecule has 4 rings (SSSR count). The molecule has 0 radical (unpaired) electrons. The Labute approximate surface area is 153 Å². The number of rotatable bonds is 6. The van der Waals surface area contributed by atoms with Crippen molar-refractivity contribution in [3.63, 3.8) is 0 Å². The number of benzene rings is 1. The van der Waals surface area contributed by atoms with Crippen molar-refractivity contribution in [2.75, 3.05) is 27.2 Å². The quantitative estimate of drug-likeness (QED) is 0.791. The summed E-state index contributed by atoms with van der Waals surface area (Å²) in [5.41, 5.74) is 6.72. The molecule has 0 unspecified atom stereocenters. The minimum absolute atomic E-state index is 0.116. The van der Waals surface area contributed by atoms with Crippen molar-refractivity contribution in [3.05, 3.63) is 41.0 Å². The lowest BCUT2D eigenvalue weighted by atomic mass is 9.79. The fourth-order valence-corrected chi connectivity index (χ4v) is 5.88. The van der Waals surface area contributed by atoms with E-state index in [4.69, 9.17) is 0 Å². The predicted octanol–water partition coefficient (Wildman–Crippen LogP) is 4.61. The van der Waals surface area contributed by atoms with Crippen LogP contribution in [0.4, 0.5) is 0 Å². The molecule has 0 spiro atoms. The minimum Gasteiger partial charge on any atom is -0.318 e. The van der Waals surface area contributed by atoms with Gasteiger partial charge in [-0.25, -0.2) is 0 Å². The van der Waals surface area contributed by atoms with Gasteiger partial charge in [0.05, 0.1) is 0 Å². The van der Waals surface area contributed by atoms with E-state index in [2.05, 4.69) is 49.0 Å². The molecule has 2 fully saturated rings. The molecule has 3 aliphatic carbocycles. The highest BCUT2D eigenvalue weighted by Crippen LogP contribution is 2.51. The Kier molecular flexibility index (Phi) is 5.01. The van der Waals surface area contributed by atoms with Gasteiger partial charge in [0.2, 0.25) is 0 Å². The monoisotopic (exact) mass is 338 g/mol. The van der Waals surface area contributed by atoms with Gasteiger partial charge in [-0.3, -0.25) is 0 Å². The van der Waals surface area contributed by atoms with Crippen LogP contribution in [0.2, 0.25) is 0 Å². The van der Waals surface area contributed by atoms with Gasteiger partial charge in [-0.15, -0.1) is 0 Å². The Balaban J connectivity index is 1.85. The zero-order valence-electron chi connectivity index (χ0n) is 16.0. The summed E-state index contributed by atoms with van der Waals surface area (Å²) in [5.74, 6) is 1.58. The molecule has 0 heterocycles. The van der Waals surface area contributed by atoms with Crippen molar-refractivity contribution >= 4 is 5.57 Å². The molecule has 0 atom stereocenters. The first-order valence-corrected chi connectivity index (χ1v) is 10.4. The summed E-state index contributed by atoms with van der Waals surface area (Å²) in [4.78, 5) is 0. The highest BCUT2D eigenvalue weighted by molar-refractivity contribution is 5.81. The number of hydrogen-bond donors (Lipinski definition) is 2. The topological polar surface area (TPSA) is 24.1 Å². The first-order chi connectivity index (χ1) is 12.3. The molecule has 0 amide bonds. The van der Waals surface area contributed by atoms with Crippen LogP contribution in [-0.4, -0.2) is 27.2 Å². The molecule has 0 saturated heterocycles. The first-order valence-electron chi connectivity index (χ1n) is 10.4. The molecule has 2 N–H and O–H groups in total. The summed E-state index contributed by atoms with van der Waals surface area (Å²) in [6.07, 6.45) is 13.9. The molecule has 3 aliphatic rings. The van der Waals surface area contributed by atoms with Crippen molar-refractivity contribution in [2.24, 2.45) is 5.92 Å². The van der Waals surface area contributed by atoms with E-state index in [1.54, 1.807) is 22.3 Å². The van der Waals surface area contributed by atoms with Crippen molar-refractivity contribution < 1.29 is 0 Å². The van der Waals surface area contributed by atoms with Gasteiger partial charge in [-0.2, -0.15) is 0 Å². The van der Waals surface area contributed by atoms with Crippen molar-refractivity contribution in [1.82, 2.24) is 10.6 Å². The maximum absolute atomic E-state index is 3.49. The van der Waals surface area contributed by atoms with E-state index < -0.39 is 0 Å². The van der Waals surface area contributed by atoms with Crippen LogP contribution in [-0.2, 0) is 5.41 Å². The van der Waals surface area contributed by atoms with E-state index in [9.17, 15) is 0 Å². The van der Waals surface area contributed by atoms with Crippen LogP contribution >= 0.6 is 0 Å². The first kappa shape index (κ1) is 17.3. The SMILES string of the molecule is CNCC1(CNC)C=C(C2CCCC2)c2c(C3CCCC3)cccc21. The van der Waals surface area contributed by atoms with Crippen LogP contribution in [0.25, 0.3) is 5.57 Å². The van der Waals surface area contributed by atoms with Gasteiger partial charge >= 0.3 is 0 Å². The molecule has 1 aromatic rings. The van der Waals surface area contributed by atoms with Crippen LogP contribution in [0.15, 0.2) is 24.3 Å². The van der Waals surface area contributed by atoms with E-state index in [0.717, 1.165) is 24.9 Å². The van der Waals surface area contributed by atoms with E-state index >= 15 is 0 Å². The average Bonchev–Trinajstić information content (AvgIpc) is 3.36. The Morgan fingerprint density at radius 1 is 0.880 bits per heavy atom. The molecule has 2 saturated carbocycles. The lowest BCUT2D eigenvalue weighted by molar-refractivity contribution is 0.483. The summed E-state index contributed by atoms with van der Waals surface area (Å²) >= 11 is 0. The third-order valence-corrected chi connectivity index (χ3v) is 6.93. The largest absolute Gasteiger partial charge is 0.318 e. The summed E-state index contributed by atoms with van der Waals surface area (Å²) in [6, 6.07) is 7.20. The standard InChI is InChI=1S/C23H34N2/c1-24-15-23(16-25-2)14-20(18-10-5-6-11-18)22-19(12-7-13-21(22)23)17-8-3-4-9-17/h7,12-14,17-18,24-25H,3-6,8-11,15-16H2,1-2H3. The molecule has 2 nitrogen and oxygen atoms in total. The fourth-order valence-electron chi connectivity index (χ4n) is 5.88. The molecular formula is C23H34N2. The highest BCUT2D eigenvalue weighted by Gasteiger charge is 2.41. The number of fused-ring (bicyclic) bond motifs is 1. The fraction of sp³-hybridized carbons (Fsp3) is 0.652. The number of hydrogen-bond acceptors (Lipinski definition) is 2. The normalized spacial score (nSPS) is 23.2. The van der Waals surface area contributed by atoms with Crippen molar-refractivity contribution in [3.8, 4) is 0 Å². The second-order valence-electron chi connectivity index (χ2n) is 8.55. The number of allylic oxidation sites excluding steroid dienone is 1. The third kappa shape index (κ3) is 2.98. The summed E-state index contributed by atoms with van der Waals surface area (Å²) in [7, 11) is 4.19. The Morgan fingerprint density at radius 3 is 2.08 bits per heavy atom. The molecule has 0 bridgehead atoms. The maximum atomic E-state index is 3.49. The van der Waals surface area contributed by atoms with Crippen LogP contribution in [0.5, 0.6) is 0 Å².